The van der Waals surface area contributed by atoms with Gasteiger partial charge in [-0.05, 0) is 30.2 Å². The maximum absolute atomic E-state index is 14.9. The van der Waals surface area contributed by atoms with Crippen LogP contribution in [-0.4, -0.2) is 13.7 Å². The van der Waals surface area contributed by atoms with Crippen molar-refractivity contribution >= 4 is 0 Å². The molecule has 1 heterocycles. The van der Waals surface area contributed by atoms with Gasteiger partial charge in [-0.25, -0.2) is 4.39 Å². The lowest BCUT2D eigenvalue weighted by Gasteiger charge is -2.24. The second-order valence-electron chi connectivity index (χ2n) is 6.66. The summed E-state index contributed by atoms with van der Waals surface area (Å²) in [6.07, 6.45) is 4.26. The van der Waals surface area contributed by atoms with Crippen molar-refractivity contribution in [3.05, 3.63) is 95.8 Å². The summed E-state index contributed by atoms with van der Waals surface area (Å²) in [6.45, 7) is 20.8. The summed E-state index contributed by atoms with van der Waals surface area (Å²) >= 11 is 0. The predicted octanol–water partition coefficient (Wildman–Crippen LogP) is 7.28. The van der Waals surface area contributed by atoms with Crippen LogP contribution >= 0.6 is 0 Å². The summed E-state index contributed by atoms with van der Waals surface area (Å²) in [7, 11) is 1.44. The third kappa shape index (κ3) is 6.41. The zero-order valence-corrected chi connectivity index (χ0v) is 18.5. The Morgan fingerprint density at radius 3 is 2.29 bits per heavy atom. The molecule has 0 amide bonds. The first kappa shape index (κ1) is 25.9. The van der Waals surface area contributed by atoms with Crippen molar-refractivity contribution in [2.75, 3.05) is 13.7 Å². The Morgan fingerprint density at radius 2 is 1.74 bits per heavy atom. The molecule has 0 saturated heterocycles. The fraction of sp³-hybridized carbons (Fsp3) is 0.280. The minimum absolute atomic E-state index is 0.0609. The van der Waals surface area contributed by atoms with Crippen LogP contribution in [0.2, 0.25) is 0 Å². The van der Waals surface area contributed by atoms with E-state index in [1.54, 1.807) is 6.92 Å². The van der Waals surface area contributed by atoms with Crippen molar-refractivity contribution in [3.63, 3.8) is 0 Å². The maximum atomic E-state index is 14.9. The maximum Gasteiger partial charge on any atom is 0.205 e. The van der Waals surface area contributed by atoms with Crippen molar-refractivity contribution in [1.29, 1.82) is 0 Å². The van der Waals surface area contributed by atoms with E-state index in [-0.39, 0.29) is 41.3 Å². The van der Waals surface area contributed by atoms with E-state index in [0.29, 0.717) is 11.3 Å². The minimum atomic E-state index is -1.25. The minimum Gasteiger partial charge on any atom is -0.497 e. The normalized spacial score (nSPS) is 14.1. The van der Waals surface area contributed by atoms with Crippen molar-refractivity contribution in [3.8, 4) is 11.5 Å². The molecule has 1 aromatic rings. The molecule has 0 N–H and O–H groups in total. The topological polar surface area (TPSA) is 27.7 Å². The third-order valence-corrected chi connectivity index (χ3v) is 4.02. The summed E-state index contributed by atoms with van der Waals surface area (Å²) in [5.74, 6) is -3.93. The van der Waals surface area contributed by atoms with Crippen LogP contribution in [0.3, 0.4) is 0 Å². The molecular formula is C25H29F3O3. The first-order valence-corrected chi connectivity index (χ1v) is 9.81. The quantitative estimate of drug-likeness (QED) is 0.333. The molecule has 0 bridgehead atoms. The zero-order valence-electron chi connectivity index (χ0n) is 18.5. The molecule has 0 aliphatic carbocycles. The van der Waals surface area contributed by atoms with Gasteiger partial charge in [-0.3, -0.25) is 0 Å². The molecule has 0 radical (unpaired) electrons. The molecule has 0 spiro atoms. The van der Waals surface area contributed by atoms with Gasteiger partial charge < -0.3 is 14.2 Å². The average Bonchev–Trinajstić information content (AvgIpc) is 2.74. The lowest BCUT2D eigenvalue weighted by atomic mass is 9.97. The molecular weight excluding hydrogens is 405 g/mol. The van der Waals surface area contributed by atoms with E-state index < -0.39 is 23.2 Å². The summed E-state index contributed by atoms with van der Waals surface area (Å²) in [4.78, 5) is 0. The molecule has 1 aliphatic rings. The van der Waals surface area contributed by atoms with Crippen molar-refractivity contribution in [2.45, 2.75) is 33.6 Å². The molecule has 168 valence electrons. The van der Waals surface area contributed by atoms with Crippen LogP contribution in [0.4, 0.5) is 13.2 Å². The predicted molar refractivity (Wildman–Crippen MR) is 119 cm³/mol. The fourth-order valence-corrected chi connectivity index (χ4v) is 2.46. The van der Waals surface area contributed by atoms with Crippen LogP contribution in [0, 0.1) is 11.6 Å². The molecule has 2 rings (SSSR count). The second kappa shape index (κ2) is 11.9. The third-order valence-electron chi connectivity index (χ3n) is 4.02. The van der Waals surface area contributed by atoms with Crippen LogP contribution in [0.5, 0.6) is 11.5 Å². The van der Waals surface area contributed by atoms with Gasteiger partial charge in [-0.1, -0.05) is 52.7 Å². The standard InChI is InChI=1S/C22H21F3O3.C3H8/c1-7-27-17-11-16-10-13(3)21(28-22(16)20(25)19(17)24)18(23)15(5)12(2)8-9-14(4)26-6;1-3-2/h8-9,11H,2-5,7,10H2,1,6H3;3H2,1-2H3/b9-8-,21-18-;. The van der Waals surface area contributed by atoms with Gasteiger partial charge >= 0.3 is 0 Å². The van der Waals surface area contributed by atoms with Crippen LogP contribution in [-0.2, 0) is 11.2 Å². The van der Waals surface area contributed by atoms with Gasteiger partial charge in [-0.15, -0.1) is 0 Å². The van der Waals surface area contributed by atoms with Gasteiger partial charge in [0.05, 0.1) is 13.7 Å². The van der Waals surface area contributed by atoms with E-state index in [9.17, 15) is 13.2 Å². The number of fused-ring (bicyclic) bond motifs is 1. The smallest absolute Gasteiger partial charge is 0.205 e. The Labute approximate surface area is 182 Å². The summed E-state index contributed by atoms with van der Waals surface area (Å²) < 4.78 is 58.8. The van der Waals surface area contributed by atoms with Crippen molar-refractivity contribution in [1.82, 2.24) is 0 Å². The van der Waals surface area contributed by atoms with E-state index in [2.05, 4.69) is 40.2 Å². The number of ether oxygens (including phenoxy) is 3. The Balaban J connectivity index is 0.00000151. The van der Waals surface area contributed by atoms with Gasteiger partial charge in [-0.2, -0.15) is 8.78 Å². The largest absolute Gasteiger partial charge is 0.497 e. The van der Waals surface area contributed by atoms with Gasteiger partial charge in [0.1, 0.15) is 5.76 Å². The molecule has 6 heteroatoms. The first-order chi connectivity index (χ1) is 14.6. The second-order valence-corrected chi connectivity index (χ2v) is 6.66. The Bertz CT molecular complexity index is 940. The average molecular weight is 434 g/mol. The van der Waals surface area contributed by atoms with E-state index in [1.807, 2.05) is 0 Å². The lowest BCUT2D eigenvalue weighted by Crippen LogP contribution is -2.15. The van der Waals surface area contributed by atoms with Crippen molar-refractivity contribution < 1.29 is 27.4 Å². The van der Waals surface area contributed by atoms with E-state index in [4.69, 9.17) is 14.2 Å². The van der Waals surface area contributed by atoms with Gasteiger partial charge in [0.15, 0.2) is 23.1 Å². The van der Waals surface area contributed by atoms with Gasteiger partial charge in [0.25, 0.3) is 0 Å². The first-order valence-electron chi connectivity index (χ1n) is 9.81. The molecule has 1 aliphatic heterocycles. The van der Waals surface area contributed by atoms with E-state index >= 15 is 0 Å². The van der Waals surface area contributed by atoms with E-state index in [1.165, 1.54) is 31.7 Å². The lowest BCUT2D eigenvalue weighted by molar-refractivity contribution is 0.302. The fourth-order valence-electron chi connectivity index (χ4n) is 2.46. The zero-order chi connectivity index (χ0) is 23.7. The highest BCUT2D eigenvalue weighted by Gasteiger charge is 2.29. The number of rotatable bonds is 7. The van der Waals surface area contributed by atoms with Crippen LogP contribution in [0.25, 0.3) is 0 Å². The number of hydrogen-bond donors (Lipinski definition) is 0. The highest BCUT2D eigenvalue weighted by molar-refractivity contribution is 5.56. The highest BCUT2D eigenvalue weighted by Crippen LogP contribution is 2.41. The molecule has 1 aromatic carbocycles. The number of halogens is 3. The van der Waals surface area contributed by atoms with Crippen LogP contribution < -0.4 is 9.47 Å². The molecule has 3 nitrogen and oxygen atoms in total. The van der Waals surface area contributed by atoms with E-state index in [0.717, 1.165) is 0 Å². The molecule has 0 unspecified atom stereocenters. The summed E-state index contributed by atoms with van der Waals surface area (Å²) in [6, 6.07) is 1.32. The number of benzene rings is 1. The Morgan fingerprint density at radius 1 is 1.13 bits per heavy atom. The summed E-state index contributed by atoms with van der Waals surface area (Å²) in [5.41, 5.74) is 0.692. The van der Waals surface area contributed by atoms with Gasteiger partial charge in [0.2, 0.25) is 11.6 Å². The van der Waals surface area contributed by atoms with Crippen LogP contribution in [0.1, 0.15) is 32.8 Å². The van der Waals surface area contributed by atoms with Crippen LogP contribution in [0.15, 0.2) is 78.6 Å². The van der Waals surface area contributed by atoms with Gasteiger partial charge in [0, 0.05) is 17.6 Å². The molecule has 0 aromatic heterocycles. The molecule has 0 fully saturated rings. The number of hydrogen-bond acceptors (Lipinski definition) is 3. The molecule has 31 heavy (non-hydrogen) atoms. The SMILES string of the molecule is C=C(/C=C\C(=C)C(=C)/C(F)=C1/Oc2c(cc(OCC)c(F)c2F)CC1=C)OC.CCC. The molecule has 0 saturated carbocycles. The monoisotopic (exact) mass is 434 g/mol. The molecule has 0 atom stereocenters. The van der Waals surface area contributed by atoms with Crippen molar-refractivity contribution in [2.24, 2.45) is 0 Å². The Kier molecular flexibility index (Phi) is 9.93. The summed E-state index contributed by atoms with van der Waals surface area (Å²) in [5, 5.41) is 0. The highest BCUT2D eigenvalue weighted by atomic mass is 19.2. The number of methoxy groups -OCH3 is 1. The number of allylic oxidation sites excluding steroid dienone is 6. The Hall–Kier alpha value is -3.15.